The third-order valence-corrected chi connectivity index (χ3v) is 3.89. The Bertz CT molecular complexity index is 441. The van der Waals surface area contributed by atoms with E-state index in [1.54, 1.807) is 6.20 Å². The molecule has 1 aromatic heterocycles. The number of hydrogen-bond donors (Lipinski definition) is 0. The lowest BCUT2D eigenvalue weighted by Gasteiger charge is -2.38. The molecule has 0 N–H and O–H groups in total. The van der Waals surface area contributed by atoms with Crippen molar-refractivity contribution in [3.63, 3.8) is 0 Å². The predicted octanol–water partition coefficient (Wildman–Crippen LogP) is 1.18. The first-order valence-electron chi connectivity index (χ1n) is 7.05. The third kappa shape index (κ3) is 3.25. The summed E-state index contributed by atoms with van der Waals surface area (Å²) >= 11 is 0. The number of methoxy groups -OCH3 is 1. The third-order valence-electron chi connectivity index (χ3n) is 3.89. The molecular weight excluding hydrogens is 256 g/mol. The van der Waals surface area contributed by atoms with Crippen molar-refractivity contribution in [3.05, 3.63) is 18.1 Å². The molecule has 1 aliphatic heterocycles. The van der Waals surface area contributed by atoms with Gasteiger partial charge in [-0.15, -0.1) is 0 Å². The normalized spacial score (nSPS) is 17.9. The second-order valence-corrected chi connectivity index (χ2v) is 5.03. The van der Waals surface area contributed by atoms with Crippen LogP contribution in [0.4, 0.5) is 5.82 Å². The molecule has 110 valence electrons. The first-order valence-corrected chi connectivity index (χ1v) is 7.05. The largest absolute Gasteiger partial charge is 0.464 e. The highest BCUT2D eigenvalue weighted by Crippen LogP contribution is 2.14. The SMILES string of the molecule is CCC(C)N1CCN(c2cnc(C(=O)OC)cn2)CC1. The average molecular weight is 278 g/mol. The topological polar surface area (TPSA) is 58.6 Å². The van der Waals surface area contributed by atoms with Gasteiger partial charge in [0.15, 0.2) is 5.69 Å². The van der Waals surface area contributed by atoms with E-state index >= 15 is 0 Å². The lowest BCUT2D eigenvalue weighted by Crippen LogP contribution is -2.49. The summed E-state index contributed by atoms with van der Waals surface area (Å²) < 4.78 is 4.61. The Morgan fingerprint density at radius 3 is 2.50 bits per heavy atom. The van der Waals surface area contributed by atoms with Crippen LogP contribution in [0, 0.1) is 0 Å². The molecule has 20 heavy (non-hydrogen) atoms. The van der Waals surface area contributed by atoms with Gasteiger partial charge in [0.2, 0.25) is 0 Å². The van der Waals surface area contributed by atoms with Crippen LogP contribution in [0.2, 0.25) is 0 Å². The number of carbonyl (C=O) groups excluding carboxylic acids is 1. The molecule has 0 saturated carbocycles. The maximum absolute atomic E-state index is 11.3. The standard InChI is InChI=1S/C14H22N4O2/c1-4-11(2)17-5-7-18(8-6-17)13-10-15-12(9-16-13)14(19)20-3/h9-11H,4-8H2,1-3H3. The summed E-state index contributed by atoms with van der Waals surface area (Å²) in [7, 11) is 1.34. The van der Waals surface area contributed by atoms with Crippen LogP contribution in [-0.4, -0.2) is 60.2 Å². The van der Waals surface area contributed by atoms with Gasteiger partial charge in [0, 0.05) is 32.2 Å². The summed E-state index contributed by atoms with van der Waals surface area (Å²) in [6.07, 6.45) is 4.29. The highest BCUT2D eigenvalue weighted by molar-refractivity contribution is 5.86. The van der Waals surface area contributed by atoms with Crippen LogP contribution >= 0.6 is 0 Å². The molecule has 0 aliphatic carbocycles. The minimum absolute atomic E-state index is 0.245. The van der Waals surface area contributed by atoms with E-state index in [-0.39, 0.29) is 5.69 Å². The molecule has 1 fully saturated rings. The van der Waals surface area contributed by atoms with Gasteiger partial charge in [-0.3, -0.25) is 4.90 Å². The van der Waals surface area contributed by atoms with Crippen LogP contribution in [0.15, 0.2) is 12.4 Å². The fourth-order valence-corrected chi connectivity index (χ4v) is 2.34. The Morgan fingerprint density at radius 1 is 1.30 bits per heavy atom. The Balaban J connectivity index is 1.95. The van der Waals surface area contributed by atoms with E-state index in [9.17, 15) is 4.79 Å². The van der Waals surface area contributed by atoms with Crippen molar-refractivity contribution in [2.75, 3.05) is 38.2 Å². The molecule has 0 aromatic carbocycles. The first-order chi connectivity index (χ1) is 9.65. The summed E-state index contributed by atoms with van der Waals surface area (Å²) in [6, 6.07) is 0.630. The van der Waals surface area contributed by atoms with Crippen LogP contribution in [0.5, 0.6) is 0 Å². The Hall–Kier alpha value is -1.69. The van der Waals surface area contributed by atoms with E-state index in [0.717, 1.165) is 32.0 Å². The van der Waals surface area contributed by atoms with Gasteiger partial charge >= 0.3 is 5.97 Å². The Morgan fingerprint density at radius 2 is 2.00 bits per heavy atom. The highest BCUT2D eigenvalue weighted by atomic mass is 16.5. The number of nitrogens with zero attached hydrogens (tertiary/aromatic N) is 4. The van der Waals surface area contributed by atoms with Crippen LogP contribution in [0.1, 0.15) is 30.8 Å². The molecule has 2 heterocycles. The molecule has 1 unspecified atom stereocenters. The number of aromatic nitrogens is 2. The lowest BCUT2D eigenvalue weighted by atomic mass is 10.2. The molecule has 2 rings (SSSR count). The van der Waals surface area contributed by atoms with Crippen molar-refractivity contribution in [2.24, 2.45) is 0 Å². The average Bonchev–Trinajstić information content (AvgIpc) is 2.53. The number of piperazine rings is 1. The smallest absolute Gasteiger partial charge is 0.358 e. The minimum Gasteiger partial charge on any atom is -0.464 e. The van der Waals surface area contributed by atoms with Crippen molar-refractivity contribution >= 4 is 11.8 Å². The predicted molar refractivity (Wildman–Crippen MR) is 76.9 cm³/mol. The zero-order chi connectivity index (χ0) is 14.5. The van der Waals surface area contributed by atoms with E-state index in [1.165, 1.54) is 19.7 Å². The first kappa shape index (κ1) is 14.7. The van der Waals surface area contributed by atoms with Gasteiger partial charge in [0.25, 0.3) is 0 Å². The monoisotopic (exact) mass is 278 g/mol. The number of esters is 1. The van der Waals surface area contributed by atoms with E-state index in [1.807, 2.05) is 0 Å². The van der Waals surface area contributed by atoms with Crippen molar-refractivity contribution < 1.29 is 9.53 Å². The Labute approximate surface area is 119 Å². The maximum atomic E-state index is 11.3. The molecule has 1 aliphatic rings. The fraction of sp³-hybridized carbons (Fsp3) is 0.643. The van der Waals surface area contributed by atoms with Gasteiger partial charge in [0.1, 0.15) is 5.82 Å². The number of ether oxygens (including phenoxy) is 1. The number of carbonyl (C=O) groups is 1. The molecular formula is C14H22N4O2. The molecule has 0 bridgehead atoms. The number of hydrogen-bond acceptors (Lipinski definition) is 6. The van der Waals surface area contributed by atoms with Gasteiger partial charge in [-0.25, -0.2) is 14.8 Å². The van der Waals surface area contributed by atoms with Crippen LogP contribution in [0.25, 0.3) is 0 Å². The molecule has 0 amide bonds. The van der Waals surface area contributed by atoms with E-state index in [2.05, 4.69) is 38.4 Å². The van der Waals surface area contributed by atoms with Crippen LogP contribution < -0.4 is 4.90 Å². The van der Waals surface area contributed by atoms with Crippen LogP contribution in [0.3, 0.4) is 0 Å². The number of rotatable bonds is 4. The van der Waals surface area contributed by atoms with Gasteiger partial charge in [-0.2, -0.15) is 0 Å². The molecule has 6 nitrogen and oxygen atoms in total. The van der Waals surface area contributed by atoms with Crippen molar-refractivity contribution in [2.45, 2.75) is 26.3 Å². The second kappa shape index (κ2) is 6.65. The van der Waals surface area contributed by atoms with Crippen molar-refractivity contribution in [1.29, 1.82) is 0 Å². The Kier molecular flexibility index (Phi) is 4.89. The second-order valence-electron chi connectivity index (χ2n) is 5.03. The highest BCUT2D eigenvalue weighted by Gasteiger charge is 2.21. The van der Waals surface area contributed by atoms with E-state index in [4.69, 9.17) is 0 Å². The zero-order valence-corrected chi connectivity index (χ0v) is 12.4. The van der Waals surface area contributed by atoms with E-state index in [0.29, 0.717) is 6.04 Å². The summed E-state index contributed by atoms with van der Waals surface area (Å²) in [5.41, 5.74) is 0.245. The molecule has 6 heteroatoms. The summed E-state index contributed by atoms with van der Waals surface area (Å²) in [4.78, 5) is 24.4. The molecule has 0 radical (unpaired) electrons. The van der Waals surface area contributed by atoms with Crippen molar-refractivity contribution in [1.82, 2.24) is 14.9 Å². The molecule has 1 saturated heterocycles. The quantitative estimate of drug-likeness (QED) is 0.771. The summed E-state index contributed by atoms with van der Waals surface area (Å²) in [5, 5.41) is 0. The zero-order valence-electron chi connectivity index (χ0n) is 12.4. The van der Waals surface area contributed by atoms with Gasteiger partial charge in [-0.1, -0.05) is 6.92 Å². The van der Waals surface area contributed by atoms with Gasteiger partial charge in [-0.05, 0) is 13.3 Å². The van der Waals surface area contributed by atoms with E-state index < -0.39 is 5.97 Å². The summed E-state index contributed by atoms with van der Waals surface area (Å²) in [6.45, 7) is 8.44. The minimum atomic E-state index is -0.453. The summed E-state index contributed by atoms with van der Waals surface area (Å²) in [5.74, 6) is 0.368. The molecule has 1 atom stereocenters. The van der Waals surface area contributed by atoms with Crippen molar-refractivity contribution in [3.8, 4) is 0 Å². The molecule has 1 aromatic rings. The fourth-order valence-electron chi connectivity index (χ4n) is 2.34. The lowest BCUT2D eigenvalue weighted by molar-refractivity contribution is 0.0593. The number of anilines is 1. The maximum Gasteiger partial charge on any atom is 0.358 e. The van der Waals surface area contributed by atoms with Gasteiger partial charge < -0.3 is 9.64 Å². The molecule has 0 spiro atoms. The van der Waals surface area contributed by atoms with Gasteiger partial charge in [0.05, 0.1) is 19.5 Å². The van der Waals surface area contributed by atoms with Crippen LogP contribution in [-0.2, 0) is 4.74 Å².